The molecule has 1 fully saturated rings. The van der Waals surface area contributed by atoms with Crippen LogP contribution in [0, 0.1) is 5.92 Å². The molecule has 1 saturated heterocycles. The van der Waals surface area contributed by atoms with Crippen molar-refractivity contribution in [2.24, 2.45) is 13.0 Å². The number of carbonyl (C=O) groups is 2. The van der Waals surface area contributed by atoms with E-state index in [9.17, 15) is 9.59 Å². The topological polar surface area (TPSA) is 75.4 Å². The molecule has 1 amide bonds. The largest absolute Gasteiger partial charge is 0.481 e. The fraction of sp³-hybridized carbons (Fsp3) is 0.615. The summed E-state index contributed by atoms with van der Waals surface area (Å²) in [4.78, 5) is 24.9. The lowest BCUT2D eigenvalue weighted by atomic mass is 10.1. The minimum absolute atomic E-state index is 0.134. The number of carboxylic acid groups (broad SMARTS) is 1. The summed E-state index contributed by atoms with van der Waals surface area (Å²) < 4.78 is 1.58. The van der Waals surface area contributed by atoms with Crippen molar-refractivity contribution in [3.8, 4) is 0 Å². The smallest absolute Gasteiger partial charge is 0.308 e. The van der Waals surface area contributed by atoms with Crippen LogP contribution in [0.2, 0.25) is 0 Å². The number of hydrogen-bond acceptors (Lipinski definition) is 3. The molecule has 1 aliphatic heterocycles. The number of rotatable bonds is 3. The summed E-state index contributed by atoms with van der Waals surface area (Å²) in [7, 11) is 1.74. The summed E-state index contributed by atoms with van der Waals surface area (Å²) in [6, 6.07) is 1.79. The normalized spacial score (nSPS) is 19.2. The Labute approximate surface area is 112 Å². The van der Waals surface area contributed by atoms with Gasteiger partial charge in [0.1, 0.15) is 5.69 Å². The van der Waals surface area contributed by atoms with E-state index in [0.717, 1.165) is 5.69 Å². The lowest BCUT2D eigenvalue weighted by Crippen LogP contribution is -2.31. The molecule has 0 saturated carbocycles. The fourth-order valence-corrected chi connectivity index (χ4v) is 2.28. The maximum atomic E-state index is 12.3. The van der Waals surface area contributed by atoms with Crippen molar-refractivity contribution in [2.45, 2.75) is 26.2 Å². The minimum Gasteiger partial charge on any atom is -0.481 e. The molecular formula is C13H19N3O3. The molecule has 0 aromatic carbocycles. The van der Waals surface area contributed by atoms with Crippen LogP contribution in [0.15, 0.2) is 6.07 Å². The molecule has 6 heteroatoms. The molecule has 1 N–H and O–H groups in total. The number of hydrogen-bond donors (Lipinski definition) is 1. The fourth-order valence-electron chi connectivity index (χ4n) is 2.28. The molecule has 1 aromatic rings. The second kappa shape index (κ2) is 5.03. The number of amides is 1. The number of carbonyl (C=O) groups excluding carboxylic acids is 1. The molecular weight excluding hydrogens is 246 g/mol. The summed E-state index contributed by atoms with van der Waals surface area (Å²) in [5.74, 6) is -1.14. The number of carboxylic acids is 1. The van der Waals surface area contributed by atoms with Gasteiger partial charge in [-0.3, -0.25) is 14.3 Å². The van der Waals surface area contributed by atoms with E-state index in [0.29, 0.717) is 18.7 Å². The molecule has 1 atom stereocenters. The monoisotopic (exact) mass is 265 g/mol. The highest BCUT2D eigenvalue weighted by Crippen LogP contribution is 2.20. The van der Waals surface area contributed by atoms with Crippen LogP contribution in [0.3, 0.4) is 0 Å². The molecule has 6 nitrogen and oxygen atoms in total. The van der Waals surface area contributed by atoms with Crippen LogP contribution in [0.4, 0.5) is 0 Å². The molecule has 2 rings (SSSR count). The van der Waals surface area contributed by atoms with Crippen molar-refractivity contribution < 1.29 is 14.7 Å². The number of aryl methyl sites for hydroxylation is 1. The number of nitrogens with zero attached hydrogens (tertiary/aromatic N) is 3. The highest BCUT2D eigenvalue weighted by Gasteiger charge is 2.32. The van der Waals surface area contributed by atoms with Crippen molar-refractivity contribution in [2.75, 3.05) is 13.1 Å². The Morgan fingerprint density at radius 2 is 2.16 bits per heavy atom. The lowest BCUT2D eigenvalue weighted by Gasteiger charge is -2.15. The average molecular weight is 265 g/mol. The molecule has 104 valence electrons. The van der Waals surface area contributed by atoms with Gasteiger partial charge in [0.2, 0.25) is 0 Å². The zero-order valence-electron chi connectivity index (χ0n) is 11.5. The van der Waals surface area contributed by atoms with Crippen molar-refractivity contribution in [3.05, 3.63) is 17.5 Å². The van der Waals surface area contributed by atoms with Gasteiger partial charge in [-0.05, 0) is 18.4 Å². The summed E-state index contributed by atoms with van der Waals surface area (Å²) >= 11 is 0. The third kappa shape index (κ3) is 2.62. The van der Waals surface area contributed by atoms with Gasteiger partial charge in [-0.15, -0.1) is 0 Å². The first-order valence-corrected chi connectivity index (χ1v) is 6.46. The van der Waals surface area contributed by atoms with E-state index >= 15 is 0 Å². The summed E-state index contributed by atoms with van der Waals surface area (Å²) in [6.07, 6.45) is 0.524. The first-order valence-electron chi connectivity index (χ1n) is 6.46. The molecule has 0 radical (unpaired) electrons. The second-order valence-corrected chi connectivity index (χ2v) is 5.31. The highest BCUT2D eigenvalue weighted by atomic mass is 16.4. The van der Waals surface area contributed by atoms with Gasteiger partial charge in [0, 0.05) is 20.1 Å². The number of aromatic nitrogens is 2. The van der Waals surface area contributed by atoms with E-state index < -0.39 is 11.9 Å². The van der Waals surface area contributed by atoms with Crippen LogP contribution in [0.5, 0.6) is 0 Å². The Balaban J connectivity index is 2.14. The standard InChI is InChI=1S/C13H19N3O3/c1-8(2)10-6-11(15(3)14-10)12(17)16-5-4-9(7-16)13(18)19/h6,8-9H,4-5,7H2,1-3H3,(H,18,19)/t9-/m1/s1. The first kappa shape index (κ1) is 13.6. The lowest BCUT2D eigenvalue weighted by molar-refractivity contribution is -0.141. The van der Waals surface area contributed by atoms with Gasteiger partial charge in [0.25, 0.3) is 5.91 Å². The Bertz CT molecular complexity index is 507. The maximum Gasteiger partial charge on any atom is 0.308 e. The van der Waals surface area contributed by atoms with Gasteiger partial charge < -0.3 is 10.0 Å². The van der Waals surface area contributed by atoms with E-state index in [1.54, 1.807) is 22.7 Å². The van der Waals surface area contributed by atoms with Gasteiger partial charge in [-0.1, -0.05) is 13.8 Å². The number of aliphatic carboxylic acids is 1. The second-order valence-electron chi connectivity index (χ2n) is 5.31. The van der Waals surface area contributed by atoms with Crippen molar-refractivity contribution >= 4 is 11.9 Å². The van der Waals surface area contributed by atoms with Gasteiger partial charge in [0.05, 0.1) is 11.6 Å². The van der Waals surface area contributed by atoms with E-state index in [4.69, 9.17) is 5.11 Å². The molecule has 2 heterocycles. The molecule has 0 unspecified atom stereocenters. The summed E-state index contributed by atoms with van der Waals surface area (Å²) in [5.41, 5.74) is 1.40. The first-order chi connectivity index (χ1) is 8.90. The van der Waals surface area contributed by atoms with Crippen LogP contribution < -0.4 is 0 Å². The maximum absolute atomic E-state index is 12.3. The Hall–Kier alpha value is -1.85. The Kier molecular flexibility index (Phi) is 3.59. The van der Waals surface area contributed by atoms with Crippen molar-refractivity contribution in [1.82, 2.24) is 14.7 Å². The van der Waals surface area contributed by atoms with Crippen LogP contribution in [0.1, 0.15) is 42.4 Å². The third-order valence-corrected chi connectivity index (χ3v) is 3.53. The predicted octanol–water partition coefficient (Wildman–Crippen LogP) is 1.09. The quantitative estimate of drug-likeness (QED) is 0.887. The molecule has 1 aromatic heterocycles. The van der Waals surface area contributed by atoms with Crippen LogP contribution in [0.25, 0.3) is 0 Å². The van der Waals surface area contributed by atoms with E-state index in [1.165, 1.54) is 0 Å². The van der Waals surface area contributed by atoms with Crippen LogP contribution in [-0.2, 0) is 11.8 Å². The van der Waals surface area contributed by atoms with Crippen molar-refractivity contribution in [3.63, 3.8) is 0 Å². The molecule has 0 spiro atoms. The zero-order valence-corrected chi connectivity index (χ0v) is 11.5. The third-order valence-electron chi connectivity index (χ3n) is 3.53. The molecule has 0 aliphatic carbocycles. The van der Waals surface area contributed by atoms with Crippen LogP contribution in [-0.4, -0.2) is 44.8 Å². The zero-order chi connectivity index (χ0) is 14.2. The molecule has 0 bridgehead atoms. The Morgan fingerprint density at radius 1 is 1.47 bits per heavy atom. The summed E-state index contributed by atoms with van der Waals surface area (Å²) in [5, 5.41) is 13.3. The minimum atomic E-state index is -0.830. The van der Waals surface area contributed by atoms with Crippen molar-refractivity contribution in [1.29, 1.82) is 0 Å². The van der Waals surface area contributed by atoms with E-state index in [2.05, 4.69) is 5.10 Å². The van der Waals surface area contributed by atoms with Crippen LogP contribution >= 0.6 is 0 Å². The van der Waals surface area contributed by atoms with Gasteiger partial charge in [-0.2, -0.15) is 5.10 Å². The summed E-state index contributed by atoms with van der Waals surface area (Å²) in [6.45, 7) is 4.83. The highest BCUT2D eigenvalue weighted by molar-refractivity contribution is 5.93. The SMILES string of the molecule is CC(C)c1cc(C(=O)N2CC[C@@H](C(=O)O)C2)n(C)n1. The molecule has 19 heavy (non-hydrogen) atoms. The average Bonchev–Trinajstić information content (AvgIpc) is 2.94. The van der Waals surface area contributed by atoms with Gasteiger partial charge in [-0.25, -0.2) is 0 Å². The van der Waals surface area contributed by atoms with E-state index in [1.807, 2.05) is 13.8 Å². The van der Waals surface area contributed by atoms with Gasteiger partial charge in [0.15, 0.2) is 0 Å². The van der Waals surface area contributed by atoms with Gasteiger partial charge >= 0.3 is 5.97 Å². The molecule has 1 aliphatic rings. The van der Waals surface area contributed by atoms with E-state index in [-0.39, 0.29) is 18.4 Å². The predicted molar refractivity (Wildman–Crippen MR) is 68.9 cm³/mol. The Morgan fingerprint density at radius 3 is 2.63 bits per heavy atom. The number of likely N-dealkylation sites (tertiary alicyclic amines) is 1.